The summed E-state index contributed by atoms with van der Waals surface area (Å²) in [6.07, 6.45) is 4.59. The second-order valence-corrected chi connectivity index (χ2v) is 6.92. The smallest absolute Gasteiger partial charge is 0.207 e. The number of likely N-dealkylation sites (tertiary alicyclic amines) is 1. The summed E-state index contributed by atoms with van der Waals surface area (Å²) in [5.41, 5.74) is 2.10. The SMILES string of the molecule is O.O=CNCCN1CCC(Nc2nc3ccccc3n2Cc2ccco2)CC1. The molecule has 28 heavy (non-hydrogen) atoms. The molecule has 8 nitrogen and oxygen atoms in total. The van der Waals surface area contributed by atoms with Gasteiger partial charge < -0.3 is 30.0 Å². The molecule has 4 rings (SSSR count). The summed E-state index contributed by atoms with van der Waals surface area (Å²) in [5, 5.41) is 6.38. The number of para-hydroxylation sites is 2. The molecule has 0 unspecified atom stereocenters. The summed E-state index contributed by atoms with van der Waals surface area (Å²) in [6.45, 7) is 4.32. The van der Waals surface area contributed by atoms with Gasteiger partial charge in [0, 0.05) is 32.2 Å². The molecule has 2 aromatic heterocycles. The van der Waals surface area contributed by atoms with E-state index in [4.69, 9.17) is 9.40 Å². The molecule has 4 N–H and O–H groups in total. The molecule has 3 heterocycles. The Labute approximate surface area is 163 Å². The molecule has 150 valence electrons. The van der Waals surface area contributed by atoms with Crippen LogP contribution in [-0.4, -0.2) is 58.6 Å². The molecule has 1 saturated heterocycles. The van der Waals surface area contributed by atoms with E-state index < -0.39 is 0 Å². The second-order valence-electron chi connectivity index (χ2n) is 6.92. The fourth-order valence-corrected chi connectivity index (χ4v) is 3.67. The zero-order valence-electron chi connectivity index (χ0n) is 15.8. The highest BCUT2D eigenvalue weighted by atomic mass is 16.3. The van der Waals surface area contributed by atoms with E-state index in [0.29, 0.717) is 19.1 Å². The van der Waals surface area contributed by atoms with Crippen LogP contribution in [0.2, 0.25) is 0 Å². The molecule has 1 aliphatic rings. The molecule has 3 aromatic rings. The summed E-state index contributed by atoms with van der Waals surface area (Å²) in [7, 11) is 0. The molecule has 1 aromatic carbocycles. The number of nitrogens with one attached hydrogen (secondary N) is 2. The van der Waals surface area contributed by atoms with Crippen LogP contribution in [0.3, 0.4) is 0 Å². The second kappa shape index (κ2) is 9.38. The van der Waals surface area contributed by atoms with Crippen LogP contribution in [0.1, 0.15) is 18.6 Å². The molecule has 1 fully saturated rings. The Bertz CT molecular complexity index is 869. The van der Waals surface area contributed by atoms with Crippen molar-refractivity contribution in [3.05, 3.63) is 48.4 Å². The van der Waals surface area contributed by atoms with Crippen molar-refractivity contribution in [1.29, 1.82) is 0 Å². The van der Waals surface area contributed by atoms with Gasteiger partial charge >= 0.3 is 0 Å². The van der Waals surface area contributed by atoms with Gasteiger partial charge in [0.2, 0.25) is 12.4 Å². The van der Waals surface area contributed by atoms with Gasteiger partial charge in [-0.1, -0.05) is 12.1 Å². The lowest BCUT2D eigenvalue weighted by molar-refractivity contribution is -0.109. The van der Waals surface area contributed by atoms with Crippen LogP contribution in [0.5, 0.6) is 0 Å². The lowest BCUT2D eigenvalue weighted by Crippen LogP contribution is -2.42. The van der Waals surface area contributed by atoms with Crippen LogP contribution in [0, 0.1) is 0 Å². The number of fused-ring (bicyclic) bond motifs is 1. The predicted octanol–water partition coefficient (Wildman–Crippen LogP) is 1.48. The highest BCUT2D eigenvalue weighted by Gasteiger charge is 2.21. The number of carbonyl (C=O) groups excluding carboxylic acids is 1. The van der Waals surface area contributed by atoms with Crippen LogP contribution in [0.4, 0.5) is 5.95 Å². The third-order valence-corrected chi connectivity index (χ3v) is 5.13. The molecule has 1 aliphatic heterocycles. The quantitative estimate of drug-likeness (QED) is 0.451. The van der Waals surface area contributed by atoms with Gasteiger partial charge in [0.1, 0.15) is 5.76 Å². The van der Waals surface area contributed by atoms with E-state index in [9.17, 15) is 4.79 Å². The van der Waals surface area contributed by atoms with Gasteiger partial charge in [-0.05, 0) is 37.1 Å². The van der Waals surface area contributed by atoms with Gasteiger partial charge in [0.15, 0.2) is 0 Å². The number of furan rings is 1. The average molecular weight is 385 g/mol. The molecule has 1 amide bonds. The van der Waals surface area contributed by atoms with Crippen molar-refractivity contribution in [2.24, 2.45) is 0 Å². The minimum absolute atomic E-state index is 0. The lowest BCUT2D eigenvalue weighted by atomic mass is 10.1. The Balaban J connectivity index is 0.00000225. The first kappa shape index (κ1) is 19.9. The zero-order valence-corrected chi connectivity index (χ0v) is 15.8. The van der Waals surface area contributed by atoms with E-state index in [-0.39, 0.29) is 5.48 Å². The summed E-state index contributed by atoms with van der Waals surface area (Å²) in [5.74, 6) is 1.81. The summed E-state index contributed by atoms with van der Waals surface area (Å²) < 4.78 is 7.74. The maximum Gasteiger partial charge on any atom is 0.207 e. The molecule has 0 atom stereocenters. The highest BCUT2D eigenvalue weighted by Crippen LogP contribution is 2.23. The minimum atomic E-state index is 0. The van der Waals surface area contributed by atoms with Crippen LogP contribution >= 0.6 is 0 Å². The molecule has 8 heteroatoms. The van der Waals surface area contributed by atoms with Crippen molar-refractivity contribution in [3.63, 3.8) is 0 Å². The molecular weight excluding hydrogens is 358 g/mol. The molecular formula is C20H27N5O3. The highest BCUT2D eigenvalue weighted by molar-refractivity contribution is 5.78. The third-order valence-electron chi connectivity index (χ3n) is 5.13. The number of benzene rings is 1. The van der Waals surface area contributed by atoms with E-state index in [0.717, 1.165) is 61.6 Å². The maximum absolute atomic E-state index is 10.4. The van der Waals surface area contributed by atoms with E-state index in [1.165, 1.54) is 0 Å². The normalized spacial score (nSPS) is 15.3. The Kier molecular flexibility index (Phi) is 6.67. The van der Waals surface area contributed by atoms with E-state index in [1.54, 1.807) is 6.26 Å². The lowest BCUT2D eigenvalue weighted by Gasteiger charge is -2.32. The largest absolute Gasteiger partial charge is 0.467 e. The van der Waals surface area contributed by atoms with Gasteiger partial charge in [-0.2, -0.15) is 0 Å². The summed E-state index contributed by atoms with van der Waals surface area (Å²) >= 11 is 0. The first-order chi connectivity index (χ1) is 13.3. The Morgan fingerprint density at radius 1 is 1.18 bits per heavy atom. The average Bonchev–Trinajstić information content (AvgIpc) is 3.32. The predicted molar refractivity (Wildman–Crippen MR) is 108 cm³/mol. The van der Waals surface area contributed by atoms with Gasteiger partial charge in [-0.15, -0.1) is 0 Å². The Morgan fingerprint density at radius 2 is 2.00 bits per heavy atom. The first-order valence-electron chi connectivity index (χ1n) is 9.47. The van der Waals surface area contributed by atoms with Gasteiger partial charge in [-0.3, -0.25) is 4.79 Å². The standard InChI is InChI=1S/C20H25N5O2.H2O/c26-15-21-9-12-24-10-7-16(8-11-24)22-20-23-18-5-1-2-6-19(18)25(20)14-17-4-3-13-27-17;/h1-6,13,15-16H,7-12,14H2,(H,21,26)(H,22,23);1H2. The Morgan fingerprint density at radius 3 is 2.75 bits per heavy atom. The van der Waals surface area contributed by atoms with Gasteiger partial charge in [0.05, 0.1) is 23.8 Å². The number of amides is 1. The number of piperidine rings is 1. The number of imidazole rings is 1. The van der Waals surface area contributed by atoms with E-state index in [2.05, 4.69) is 26.2 Å². The van der Waals surface area contributed by atoms with E-state index in [1.807, 2.05) is 30.3 Å². The van der Waals surface area contributed by atoms with Crippen molar-refractivity contribution in [1.82, 2.24) is 19.8 Å². The number of rotatable bonds is 8. The van der Waals surface area contributed by atoms with Crippen LogP contribution < -0.4 is 10.6 Å². The molecule has 0 bridgehead atoms. The number of carbonyl (C=O) groups is 1. The van der Waals surface area contributed by atoms with Crippen molar-refractivity contribution in [2.45, 2.75) is 25.4 Å². The van der Waals surface area contributed by atoms with Crippen LogP contribution in [-0.2, 0) is 11.3 Å². The minimum Gasteiger partial charge on any atom is -0.467 e. The summed E-state index contributed by atoms with van der Waals surface area (Å²) in [4.78, 5) is 17.6. The van der Waals surface area contributed by atoms with Crippen molar-refractivity contribution in [2.75, 3.05) is 31.5 Å². The number of hydrogen-bond acceptors (Lipinski definition) is 5. The fraction of sp³-hybridized carbons (Fsp3) is 0.400. The Hall–Kier alpha value is -2.84. The van der Waals surface area contributed by atoms with Gasteiger partial charge in [-0.25, -0.2) is 4.98 Å². The fourth-order valence-electron chi connectivity index (χ4n) is 3.67. The first-order valence-corrected chi connectivity index (χ1v) is 9.47. The molecule has 0 aliphatic carbocycles. The van der Waals surface area contributed by atoms with Gasteiger partial charge in [0.25, 0.3) is 0 Å². The molecule has 0 saturated carbocycles. The van der Waals surface area contributed by atoms with Crippen LogP contribution in [0.25, 0.3) is 11.0 Å². The number of hydrogen-bond donors (Lipinski definition) is 2. The van der Waals surface area contributed by atoms with E-state index >= 15 is 0 Å². The maximum atomic E-state index is 10.4. The summed E-state index contributed by atoms with van der Waals surface area (Å²) in [6, 6.07) is 12.5. The van der Waals surface area contributed by atoms with Crippen LogP contribution in [0.15, 0.2) is 47.1 Å². The molecule has 0 spiro atoms. The number of nitrogens with zero attached hydrogens (tertiary/aromatic N) is 3. The molecule has 0 radical (unpaired) electrons. The zero-order chi connectivity index (χ0) is 18.5. The monoisotopic (exact) mass is 385 g/mol. The van der Waals surface area contributed by atoms with Crippen molar-refractivity contribution >= 4 is 23.4 Å². The number of aromatic nitrogens is 2. The topological polar surface area (TPSA) is 107 Å². The van der Waals surface area contributed by atoms with Crippen molar-refractivity contribution in [3.8, 4) is 0 Å². The third kappa shape index (κ3) is 4.52. The van der Waals surface area contributed by atoms with Crippen molar-refractivity contribution < 1.29 is 14.7 Å². The number of anilines is 1.